The third kappa shape index (κ3) is 5.98. The van der Waals surface area contributed by atoms with Crippen molar-refractivity contribution in [1.82, 2.24) is 10.2 Å². The Hall–Kier alpha value is -3.02. The molecule has 0 radical (unpaired) electrons. The Kier molecular flexibility index (Phi) is 8.07. The van der Waals surface area contributed by atoms with Gasteiger partial charge in [-0.1, -0.05) is 37.3 Å². The third-order valence-corrected chi connectivity index (χ3v) is 4.87. The Labute approximate surface area is 173 Å². The molecule has 6 heteroatoms. The van der Waals surface area contributed by atoms with E-state index in [2.05, 4.69) is 17.6 Å². The van der Waals surface area contributed by atoms with Crippen molar-refractivity contribution in [3.63, 3.8) is 0 Å². The van der Waals surface area contributed by atoms with Crippen molar-refractivity contribution in [2.45, 2.75) is 39.8 Å². The fourth-order valence-electron chi connectivity index (χ4n) is 3.30. The van der Waals surface area contributed by atoms with Crippen molar-refractivity contribution in [3.8, 4) is 0 Å². The van der Waals surface area contributed by atoms with Gasteiger partial charge in [-0.05, 0) is 43.2 Å². The Bertz CT molecular complexity index is 821. The van der Waals surface area contributed by atoms with E-state index in [0.717, 1.165) is 16.8 Å². The molecule has 1 unspecified atom stereocenters. The first-order chi connectivity index (χ1) is 13.9. The van der Waals surface area contributed by atoms with Crippen molar-refractivity contribution in [2.75, 3.05) is 30.9 Å². The lowest BCUT2D eigenvalue weighted by atomic mass is 10.0. The number of benzene rings is 2. The smallest absolute Gasteiger partial charge is 0.319 e. The fourth-order valence-corrected chi connectivity index (χ4v) is 3.30. The highest BCUT2D eigenvalue weighted by Crippen LogP contribution is 2.29. The highest BCUT2D eigenvalue weighted by Gasteiger charge is 2.22. The van der Waals surface area contributed by atoms with Crippen molar-refractivity contribution < 1.29 is 9.59 Å². The summed E-state index contributed by atoms with van der Waals surface area (Å²) in [5, 5.41) is 5.59. The van der Waals surface area contributed by atoms with Gasteiger partial charge in [-0.2, -0.15) is 0 Å². The van der Waals surface area contributed by atoms with Crippen LogP contribution in [0.15, 0.2) is 48.5 Å². The molecule has 156 valence electrons. The van der Waals surface area contributed by atoms with E-state index in [4.69, 9.17) is 0 Å². The monoisotopic (exact) mass is 396 g/mol. The van der Waals surface area contributed by atoms with Gasteiger partial charge in [0, 0.05) is 45.0 Å². The molecule has 0 spiro atoms. The average molecular weight is 397 g/mol. The number of nitrogens with one attached hydrogen (secondary N) is 2. The highest BCUT2D eigenvalue weighted by molar-refractivity contribution is 5.89. The van der Waals surface area contributed by atoms with E-state index < -0.39 is 0 Å². The minimum atomic E-state index is -0.241. The SMILES string of the molecule is CCNC(=O)Nc1ccc(N(C)C)c(CN(C(=O)CC)C(C)c2ccccc2)c1. The number of carbonyl (C=O) groups is 2. The number of hydrogen-bond acceptors (Lipinski definition) is 3. The van der Waals surface area contributed by atoms with Crippen molar-refractivity contribution in [3.05, 3.63) is 59.7 Å². The van der Waals surface area contributed by atoms with Crippen LogP contribution >= 0.6 is 0 Å². The standard InChI is InChI=1S/C23H32N4O2/c1-6-22(28)27(17(3)18-11-9-8-10-12-18)16-19-15-20(25-23(29)24-7-2)13-14-21(19)26(4)5/h8-15,17H,6-7,16H2,1-5H3,(H2,24,25,29). The number of anilines is 2. The predicted molar refractivity (Wildman–Crippen MR) is 119 cm³/mol. The van der Waals surface area contributed by atoms with Gasteiger partial charge in [0.15, 0.2) is 0 Å². The van der Waals surface area contributed by atoms with Crippen LogP contribution in [0.4, 0.5) is 16.2 Å². The first-order valence-corrected chi connectivity index (χ1v) is 10.1. The lowest BCUT2D eigenvalue weighted by molar-refractivity contribution is -0.133. The van der Waals surface area contributed by atoms with Gasteiger partial charge in [0.25, 0.3) is 0 Å². The lowest BCUT2D eigenvalue weighted by Crippen LogP contribution is -2.33. The maximum absolute atomic E-state index is 12.8. The molecule has 0 aliphatic rings. The lowest BCUT2D eigenvalue weighted by Gasteiger charge is -2.31. The molecular weight excluding hydrogens is 364 g/mol. The van der Waals surface area contributed by atoms with E-state index in [9.17, 15) is 9.59 Å². The second-order valence-corrected chi connectivity index (χ2v) is 7.18. The molecule has 3 amide bonds. The highest BCUT2D eigenvalue weighted by atomic mass is 16.2. The number of hydrogen-bond donors (Lipinski definition) is 2. The third-order valence-electron chi connectivity index (χ3n) is 4.87. The van der Waals surface area contributed by atoms with Crippen LogP contribution in [0, 0.1) is 0 Å². The van der Waals surface area contributed by atoms with Crippen LogP contribution in [0.3, 0.4) is 0 Å². The van der Waals surface area contributed by atoms with Crippen LogP contribution in [0.1, 0.15) is 44.4 Å². The van der Waals surface area contributed by atoms with Gasteiger partial charge in [0.05, 0.1) is 6.04 Å². The molecule has 0 saturated carbocycles. The summed E-state index contributed by atoms with van der Waals surface area (Å²) in [5.41, 5.74) is 3.79. The number of nitrogens with zero attached hydrogens (tertiary/aromatic N) is 2. The zero-order chi connectivity index (χ0) is 21.4. The van der Waals surface area contributed by atoms with Crippen LogP contribution in [0.5, 0.6) is 0 Å². The van der Waals surface area contributed by atoms with E-state index in [1.807, 2.05) is 86.3 Å². The maximum Gasteiger partial charge on any atom is 0.319 e. The molecule has 2 aromatic carbocycles. The quantitative estimate of drug-likeness (QED) is 0.695. The summed E-state index contributed by atoms with van der Waals surface area (Å²) < 4.78 is 0. The molecule has 0 aliphatic carbocycles. The molecule has 0 aromatic heterocycles. The zero-order valence-corrected chi connectivity index (χ0v) is 18.0. The van der Waals surface area contributed by atoms with Crippen molar-refractivity contribution in [2.24, 2.45) is 0 Å². The second-order valence-electron chi connectivity index (χ2n) is 7.18. The maximum atomic E-state index is 12.8. The van der Waals surface area contributed by atoms with Gasteiger partial charge in [-0.3, -0.25) is 4.79 Å². The summed E-state index contributed by atoms with van der Waals surface area (Å²) in [5.74, 6) is 0.0909. The number of amides is 3. The Morgan fingerprint density at radius 2 is 1.72 bits per heavy atom. The summed E-state index contributed by atoms with van der Waals surface area (Å²) in [6, 6.07) is 15.5. The Balaban J connectivity index is 2.37. The van der Waals surface area contributed by atoms with Gasteiger partial charge in [0.1, 0.15) is 0 Å². The molecule has 0 aliphatic heterocycles. The van der Waals surface area contributed by atoms with Crippen LogP contribution in [0.2, 0.25) is 0 Å². The first-order valence-electron chi connectivity index (χ1n) is 10.1. The number of carbonyl (C=O) groups excluding carboxylic acids is 2. The summed E-state index contributed by atoms with van der Waals surface area (Å²) in [7, 11) is 3.95. The summed E-state index contributed by atoms with van der Waals surface area (Å²) in [6.45, 7) is 6.82. The van der Waals surface area contributed by atoms with Crippen LogP contribution in [0.25, 0.3) is 0 Å². The molecule has 0 fully saturated rings. The Morgan fingerprint density at radius 1 is 1.03 bits per heavy atom. The van der Waals surface area contributed by atoms with Crippen LogP contribution < -0.4 is 15.5 Å². The topological polar surface area (TPSA) is 64.7 Å². The molecule has 0 heterocycles. The van der Waals surface area contributed by atoms with Crippen LogP contribution in [-0.4, -0.2) is 37.5 Å². The average Bonchev–Trinajstić information content (AvgIpc) is 2.71. The molecule has 2 N–H and O–H groups in total. The molecule has 2 aromatic rings. The van der Waals surface area contributed by atoms with Crippen molar-refractivity contribution in [1.29, 1.82) is 0 Å². The van der Waals surface area contributed by atoms with Gasteiger partial charge in [-0.15, -0.1) is 0 Å². The van der Waals surface area contributed by atoms with Gasteiger partial charge in [-0.25, -0.2) is 4.79 Å². The second kappa shape index (κ2) is 10.5. The number of urea groups is 1. The van der Waals surface area contributed by atoms with Crippen LogP contribution in [-0.2, 0) is 11.3 Å². The normalized spacial score (nSPS) is 11.5. The first kappa shape index (κ1) is 22.3. The molecule has 6 nitrogen and oxygen atoms in total. The molecular formula is C23H32N4O2. The zero-order valence-electron chi connectivity index (χ0n) is 18.0. The molecule has 1 atom stereocenters. The largest absolute Gasteiger partial charge is 0.377 e. The van der Waals surface area contributed by atoms with E-state index >= 15 is 0 Å². The van der Waals surface area contributed by atoms with Crippen molar-refractivity contribution >= 4 is 23.3 Å². The van der Waals surface area contributed by atoms with E-state index in [-0.39, 0.29) is 18.0 Å². The van der Waals surface area contributed by atoms with Gasteiger partial charge in [0.2, 0.25) is 5.91 Å². The number of rotatable bonds is 8. The van der Waals surface area contributed by atoms with E-state index in [0.29, 0.717) is 25.2 Å². The summed E-state index contributed by atoms with van der Waals surface area (Å²) in [4.78, 5) is 28.6. The van der Waals surface area contributed by atoms with Gasteiger partial charge < -0.3 is 20.4 Å². The Morgan fingerprint density at radius 3 is 2.31 bits per heavy atom. The molecule has 0 bridgehead atoms. The molecule has 0 saturated heterocycles. The van der Waals surface area contributed by atoms with Gasteiger partial charge >= 0.3 is 6.03 Å². The summed E-state index contributed by atoms with van der Waals surface area (Å²) >= 11 is 0. The minimum absolute atomic E-state index is 0.0568. The molecule has 29 heavy (non-hydrogen) atoms. The predicted octanol–water partition coefficient (Wildman–Crippen LogP) is 4.39. The fraction of sp³-hybridized carbons (Fsp3) is 0.391. The minimum Gasteiger partial charge on any atom is -0.377 e. The summed E-state index contributed by atoms with van der Waals surface area (Å²) in [6.07, 6.45) is 0.436. The van der Waals surface area contributed by atoms with E-state index in [1.165, 1.54) is 0 Å². The molecule has 2 rings (SSSR count). The van der Waals surface area contributed by atoms with E-state index in [1.54, 1.807) is 0 Å².